The number of aliphatic carboxylic acids is 2. The van der Waals surface area contributed by atoms with Crippen LogP contribution in [0.2, 0.25) is 0 Å². The van der Waals surface area contributed by atoms with E-state index in [1.165, 1.54) is 6.92 Å². The summed E-state index contributed by atoms with van der Waals surface area (Å²) in [5, 5.41) is 21.1. The maximum absolute atomic E-state index is 10.6. The molecule has 0 N–H and O–H groups in total. The Bertz CT molecular complexity index is 241. The van der Waals surface area contributed by atoms with Crippen molar-refractivity contribution in [3.05, 3.63) is 12.2 Å². The molecule has 0 aromatic rings. The minimum Gasteiger partial charge on any atom is -0.550 e. The summed E-state index contributed by atoms with van der Waals surface area (Å²) in [5.41, 5.74) is 0. The molecule has 16 heavy (non-hydrogen) atoms. The zero-order valence-electron chi connectivity index (χ0n) is 10.4. The van der Waals surface area contributed by atoms with Gasteiger partial charge in [-0.3, -0.25) is 0 Å². The Labute approximate surface area is 120 Å². The Morgan fingerprint density at radius 3 is 1.94 bits per heavy atom. The molecule has 0 aromatic carbocycles. The summed E-state index contributed by atoms with van der Waals surface area (Å²) < 4.78 is 0. The summed E-state index contributed by atoms with van der Waals surface area (Å²) in [7, 11) is 0. The van der Waals surface area contributed by atoms with Crippen molar-refractivity contribution in [3.63, 3.8) is 0 Å². The first-order chi connectivity index (χ1) is 6.50. The molecule has 4 nitrogen and oxygen atoms in total. The van der Waals surface area contributed by atoms with Crippen molar-refractivity contribution in [1.29, 1.82) is 0 Å². The fourth-order valence-corrected chi connectivity index (χ4v) is 1.08. The van der Waals surface area contributed by atoms with Crippen LogP contribution in [-0.2, 0) is 9.59 Å². The maximum atomic E-state index is 10.6. The number of carboxylic acid groups (broad SMARTS) is 2. The van der Waals surface area contributed by atoms with Crippen molar-refractivity contribution >= 4 is 11.9 Å². The van der Waals surface area contributed by atoms with Crippen LogP contribution in [0.4, 0.5) is 0 Å². The fourth-order valence-electron chi connectivity index (χ4n) is 1.08. The Balaban J connectivity index is -0.000000845. The van der Waals surface area contributed by atoms with Gasteiger partial charge < -0.3 is 19.8 Å². The van der Waals surface area contributed by atoms with E-state index in [0.717, 1.165) is 6.42 Å². The summed E-state index contributed by atoms with van der Waals surface area (Å²) in [6.07, 6.45) is 4.41. The minimum atomic E-state index is -1.36. The van der Waals surface area contributed by atoms with E-state index in [-0.39, 0.29) is 44.1 Å². The Kier molecular flexibility index (Phi) is 15.0. The first kappa shape index (κ1) is 21.2. The molecule has 2 unspecified atom stereocenters. The SMILES string of the molecule is CCC=CCC(C(=O)[O-])C(C)C(=O)[O-].[Li+].[Li+]. The third kappa shape index (κ3) is 8.08. The number of rotatable bonds is 6. The number of hydrogen-bond acceptors (Lipinski definition) is 4. The summed E-state index contributed by atoms with van der Waals surface area (Å²) >= 11 is 0. The molecule has 0 radical (unpaired) electrons. The van der Waals surface area contributed by atoms with E-state index in [0.29, 0.717) is 0 Å². The fraction of sp³-hybridized carbons (Fsp3) is 0.600. The van der Waals surface area contributed by atoms with Gasteiger partial charge >= 0.3 is 37.7 Å². The van der Waals surface area contributed by atoms with Gasteiger partial charge in [-0.2, -0.15) is 0 Å². The van der Waals surface area contributed by atoms with E-state index >= 15 is 0 Å². The topological polar surface area (TPSA) is 80.3 Å². The minimum absolute atomic E-state index is 0. The van der Waals surface area contributed by atoms with Crippen molar-refractivity contribution in [1.82, 2.24) is 0 Å². The van der Waals surface area contributed by atoms with Crippen molar-refractivity contribution in [3.8, 4) is 0 Å². The van der Waals surface area contributed by atoms with E-state index in [4.69, 9.17) is 0 Å². The van der Waals surface area contributed by atoms with Crippen LogP contribution in [0.5, 0.6) is 0 Å². The monoisotopic (exact) mass is 212 g/mol. The van der Waals surface area contributed by atoms with Crippen molar-refractivity contribution in [2.75, 3.05) is 0 Å². The second kappa shape index (κ2) is 11.4. The molecule has 6 heteroatoms. The molecule has 0 saturated carbocycles. The maximum Gasteiger partial charge on any atom is 1.00 e. The molecular formula is C10H14Li2O4. The first-order valence-corrected chi connectivity index (χ1v) is 4.57. The van der Waals surface area contributed by atoms with Gasteiger partial charge in [-0.15, -0.1) is 0 Å². The average molecular weight is 212 g/mol. The largest absolute Gasteiger partial charge is 1.00 e. The molecule has 0 spiro atoms. The molecule has 0 aliphatic rings. The van der Waals surface area contributed by atoms with Gasteiger partial charge in [0.2, 0.25) is 0 Å². The molecule has 2 atom stereocenters. The number of carbonyl (C=O) groups is 2. The normalized spacial score (nSPS) is 13.4. The van der Waals surface area contributed by atoms with E-state index in [2.05, 4.69) is 0 Å². The molecule has 0 amide bonds. The Hall–Kier alpha value is -0.125. The van der Waals surface area contributed by atoms with Crippen molar-refractivity contribution in [2.24, 2.45) is 11.8 Å². The zero-order chi connectivity index (χ0) is 11.1. The smallest absolute Gasteiger partial charge is 0.550 e. The molecule has 0 heterocycles. The second-order valence-corrected chi connectivity index (χ2v) is 3.15. The molecule has 0 aromatic heterocycles. The molecule has 0 rings (SSSR count). The van der Waals surface area contributed by atoms with Gasteiger partial charge in [0, 0.05) is 23.8 Å². The van der Waals surface area contributed by atoms with E-state index in [1.807, 2.05) is 6.92 Å². The molecular weight excluding hydrogens is 198 g/mol. The zero-order valence-corrected chi connectivity index (χ0v) is 10.4. The van der Waals surface area contributed by atoms with Crippen LogP contribution in [0.15, 0.2) is 12.2 Å². The Morgan fingerprint density at radius 2 is 1.62 bits per heavy atom. The summed E-state index contributed by atoms with van der Waals surface area (Å²) in [4.78, 5) is 21.1. The van der Waals surface area contributed by atoms with E-state index in [9.17, 15) is 19.8 Å². The van der Waals surface area contributed by atoms with Gasteiger partial charge in [0.25, 0.3) is 0 Å². The number of allylic oxidation sites excluding steroid dienone is 2. The van der Waals surface area contributed by atoms with Crippen LogP contribution in [0.1, 0.15) is 26.7 Å². The van der Waals surface area contributed by atoms with Gasteiger partial charge in [-0.25, -0.2) is 0 Å². The first-order valence-electron chi connectivity index (χ1n) is 4.57. The average Bonchev–Trinajstić information content (AvgIpc) is 2.10. The molecule has 0 aliphatic heterocycles. The summed E-state index contributed by atoms with van der Waals surface area (Å²) in [6.45, 7) is 3.22. The molecule has 80 valence electrons. The number of carbonyl (C=O) groups excluding carboxylic acids is 2. The van der Waals surface area contributed by atoms with Gasteiger partial charge in [0.05, 0.1) is 0 Å². The molecule has 0 saturated heterocycles. The molecule has 0 fully saturated rings. The Morgan fingerprint density at radius 1 is 1.12 bits per heavy atom. The third-order valence-corrected chi connectivity index (χ3v) is 2.07. The van der Waals surface area contributed by atoms with E-state index < -0.39 is 23.8 Å². The number of hydrogen-bond donors (Lipinski definition) is 0. The second-order valence-electron chi connectivity index (χ2n) is 3.15. The molecule has 0 aliphatic carbocycles. The third-order valence-electron chi connectivity index (χ3n) is 2.07. The molecule has 0 bridgehead atoms. The van der Waals surface area contributed by atoms with Crippen molar-refractivity contribution < 1.29 is 57.5 Å². The van der Waals surface area contributed by atoms with Gasteiger partial charge in [-0.1, -0.05) is 26.0 Å². The standard InChI is InChI=1S/C10H16O4.2Li/c1-3-4-5-6-8(10(13)14)7(2)9(11)12;;/h4-5,7-8H,3,6H2,1-2H3,(H,11,12)(H,13,14);;/q;2*+1/p-2. The van der Waals surface area contributed by atoms with Gasteiger partial charge in [0.1, 0.15) is 0 Å². The van der Waals surface area contributed by atoms with Crippen LogP contribution in [0, 0.1) is 11.8 Å². The predicted molar refractivity (Wildman–Crippen MR) is 46.7 cm³/mol. The quantitative estimate of drug-likeness (QED) is 0.323. The summed E-state index contributed by atoms with van der Waals surface area (Å²) in [5.74, 6) is -4.74. The van der Waals surface area contributed by atoms with Crippen LogP contribution in [0.25, 0.3) is 0 Å². The van der Waals surface area contributed by atoms with Crippen LogP contribution >= 0.6 is 0 Å². The van der Waals surface area contributed by atoms with Crippen LogP contribution in [-0.4, -0.2) is 11.9 Å². The van der Waals surface area contributed by atoms with Crippen LogP contribution < -0.4 is 47.9 Å². The summed E-state index contributed by atoms with van der Waals surface area (Å²) in [6, 6.07) is 0. The van der Waals surface area contributed by atoms with Gasteiger partial charge in [0.15, 0.2) is 0 Å². The van der Waals surface area contributed by atoms with E-state index in [1.54, 1.807) is 12.2 Å². The van der Waals surface area contributed by atoms with Crippen molar-refractivity contribution in [2.45, 2.75) is 26.7 Å². The van der Waals surface area contributed by atoms with Gasteiger partial charge in [-0.05, 0) is 12.8 Å². The number of carboxylic acids is 2. The predicted octanol–water partition coefficient (Wildman–Crippen LogP) is -6.90. The van der Waals surface area contributed by atoms with Crippen LogP contribution in [0.3, 0.4) is 0 Å².